The van der Waals surface area contributed by atoms with Crippen LogP contribution in [0.1, 0.15) is 36.1 Å². The van der Waals surface area contributed by atoms with Gasteiger partial charge >= 0.3 is 0 Å². The maximum atomic E-state index is 14.3. The van der Waals surface area contributed by atoms with E-state index in [2.05, 4.69) is 0 Å². The lowest BCUT2D eigenvalue weighted by Gasteiger charge is -2.35. The highest BCUT2D eigenvalue weighted by Crippen LogP contribution is 2.73. The van der Waals surface area contributed by atoms with E-state index in [0.717, 1.165) is 33.4 Å². The van der Waals surface area contributed by atoms with Crippen LogP contribution in [0, 0.1) is 36.5 Å². The third-order valence-corrected chi connectivity index (χ3v) is 8.51. The van der Waals surface area contributed by atoms with Crippen molar-refractivity contribution in [3.05, 3.63) is 101 Å². The smallest absolute Gasteiger partial charge is 0.239 e. The van der Waals surface area contributed by atoms with Crippen LogP contribution in [0.4, 0.5) is 5.69 Å². The van der Waals surface area contributed by atoms with Gasteiger partial charge in [-0.05, 0) is 67.2 Å². The molecule has 0 spiro atoms. The molecular weight excluding hydrogens is 434 g/mol. The van der Waals surface area contributed by atoms with E-state index in [1.54, 1.807) is 0 Å². The van der Waals surface area contributed by atoms with E-state index in [4.69, 9.17) is 0 Å². The quantitative estimate of drug-likeness (QED) is 0.475. The molecule has 3 aromatic carbocycles. The lowest BCUT2D eigenvalue weighted by molar-refractivity contribution is -0.133. The first-order valence-corrected chi connectivity index (χ1v) is 12.1. The number of aryl methyl sites for hydroxylation is 2. The second kappa shape index (κ2) is 7.11. The van der Waals surface area contributed by atoms with Crippen molar-refractivity contribution >= 4 is 34.4 Å². The molecule has 1 aliphatic heterocycles. The van der Waals surface area contributed by atoms with Crippen LogP contribution < -0.4 is 4.90 Å². The number of hydrogen-bond acceptors (Lipinski definition) is 3. The fourth-order valence-corrected chi connectivity index (χ4v) is 7.01. The summed E-state index contributed by atoms with van der Waals surface area (Å²) < 4.78 is 0. The van der Waals surface area contributed by atoms with Gasteiger partial charge in [0.2, 0.25) is 11.8 Å². The molecule has 0 radical (unpaired) electrons. The number of benzene rings is 3. The molecule has 2 bridgehead atoms. The molecule has 0 aromatic heterocycles. The van der Waals surface area contributed by atoms with Gasteiger partial charge in [0.15, 0.2) is 5.78 Å². The monoisotopic (exact) mass is 461 g/mol. The molecule has 0 unspecified atom stereocenters. The Balaban J connectivity index is 1.63. The first-order chi connectivity index (χ1) is 16.7. The number of allylic oxidation sites excluding steroid dienone is 2. The van der Waals surface area contributed by atoms with Crippen LogP contribution in [0.2, 0.25) is 0 Å². The van der Waals surface area contributed by atoms with Crippen molar-refractivity contribution in [3.63, 3.8) is 0 Å². The van der Waals surface area contributed by atoms with Crippen LogP contribution in [0.15, 0.2) is 78.9 Å². The molecule has 4 nitrogen and oxygen atoms in total. The SMILES string of the molecule is Cc1ccc(C)c(N2C(=O)[C@H]3[C@H](C2=O)[C@@]2(C)C(=O)[C@@]3(C)C(c3ccccc3)=C2c2ccccc2)c1. The zero-order chi connectivity index (χ0) is 24.7. The molecular formula is C31H27NO3. The Morgan fingerprint density at radius 1 is 0.657 bits per heavy atom. The number of nitrogens with zero attached hydrogens (tertiary/aromatic N) is 1. The molecule has 3 aliphatic rings. The standard InChI is InChI=1S/C31H27NO3/c1-18-15-16-19(2)22(17-18)32-27(33)25-26(28(32)34)31(4)24(21-13-9-6-10-14-21)23(30(25,3)29(31)35)20-11-7-5-8-12-20/h5-17,25-26H,1-4H3/t25-,26-,30+,31+/m1/s1. The van der Waals surface area contributed by atoms with Gasteiger partial charge in [0, 0.05) is 0 Å². The summed E-state index contributed by atoms with van der Waals surface area (Å²) in [5.41, 5.74) is 3.89. The minimum Gasteiger partial charge on any atom is -0.298 e. The number of carbonyl (C=O) groups is 3. The zero-order valence-corrected chi connectivity index (χ0v) is 20.3. The van der Waals surface area contributed by atoms with Gasteiger partial charge in [0.25, 0.3) is 0 Å². The van der Waals surface area contributed by atoms with Gasteiger partial charge < -0.3 is 0 Å². The fraction of sp³-hybridized carbons (Fsp3) is 0.258. The molecule has 1 heterocycles. The minimum absolute atomic E-state index is 0.0278. The maximum Gasteiger partial charge on any atom is 0.239 e. The summed E-state index contributed by atoms with van der Waals surface area (Å²) in [5, 5.41) is 0. The van der Waals surface area contributed by atoms with Crippen LogP contribution >= 0.6 is 0 Å². The van der Waals surface area contributed by atoms with Gasteiger partial charge in [-0.15, -0.1) is 0 Å². The van der Waals surface area contributed by atoms with Crippen molar-refractivity contribution in [3.8, 4) is 0 Å². The lowest BCUT2D eigenvalue weighted by Crippen LogP contribution is -2.40. The van der Waals surface area contributed by atoms with Crippen molar-refractivity contribution < 1.29 is 14.4 Å². The Morgan fingerprint density at radius 2 is 1.11 bits per heavy atom. The Labute approximate surface area is 205 Å². The number of fused-ring (bicyclic) bond motifs is 5. The Kier molecular flexibility index (Phi) is 4.41. The van der Waals surface area contributed by atoms with Gasteiger partial charge in [-0.1, -0.05) is 72.8 Å². The number of carbonyl (C=O) groups excluding carboxylic acids is 3. The highest BCUT2D eigenvalue weighted by atomic mass is 16.2. The Morgan fingerprint density at radius 3 is 1.57 bits per heavy atom. The van der Waals surface area contributed by atoms with Crippen LogP contribution in [-0.4, -0.2) is 17.6 Å². The Hall–Kier alpha value is -3.79. The van der Waals surface area contributed by atoms with Crippen LogP contribution in [0.25, 0.3) is 11.1 Å². The zero-order valence-electron chi connectivity index (χ0n) is 20.3. The van der Waals surface area contributed by atoms with Crippen molar-refractivity contribution in [2.75, 3.05) is 4.90 Å². The number of imide groups is 1. The maximum absolute atomic E-state index is 14.3. The number of hydrogen-bond donors (Lipinski definition) is 0. The summed E-state index contributed by atoms with van der Waals surface area (Å²) in [4.78, 5) is 43.8. The average molecular weight is 462 g/mol. The van der Waals surface area contributed by atoms with E-state index in [1.165, 1.54) is 4.90 Å². The van der Waals surface area contributed by atoms with E-state index < -0.39 is 22.7 Å². The third kappa shape index (κ3) is 2.54. The molecule has 3 aromatic rings. The molecule has 2 amide bonds. The van der Waals surface area contributed by atoms with E-state index in [9.17, 15) is 14.4 Å². The highest BCUT2D eigenvalue weighted by molar-refractivity contribution is 6.34. The van der Waals surface area contributed by atoms with Crippen LogP contribution in [0.5, 0.6) is 0 Å². The number of amides is 2. The minimum atomic E-state index is -1.09. The van der Waals surface area contributed by atoms with Gasteiger partial charge in [-0.2, -0.15) is 0 Å². The molecule has 4 heteroatoms. The molecule has 1 saturated heterocycles. The predicted octanol–water partition coefficient (Wildman–Crippen LogP) is 5.63. The fourth-order valence-electron chi connectivity index (χ4n) is 7.01. The molecule has 2 aliphatic carbocycles. The summed E-state index contributed by atoms with van der Waals surface area (Å²) in [6, 6.07) is 25.5. The molecule has 4 atom stereocenters. The summed E-state index contributed by atoms with van der Waals surface area (Å²) in [6.07, 6.45) is 0. The topological polar surface area (TPSA) is 54.5 Å². The van der Waals surface area contributed by atoms with Gasteiger partial charge in [0.05, 0.1) is 28.4 Å². The Bertz CT molecular complexity index is 1370. The molecule has 0 N–H and O–H groups in total. The summed E-state index contributed by atoms with van der Waals surface area (Å²) in [7, 11) is 0. The van der Waals surface area contributed by atoms with Crippen LogP contribution in [0.3, 0.4) is 0 Å². The van der Waals surface area contributed by atoms with Crippen LogP contribution in [-0.2, 0) is 14.4 Å². The number of anilines is 1. The number of rotatable bonds is 3. The highest BCUT2D eigenvalue weighted by Gasteiger charge is 2.78. The normalized spacial score (nSPS) is 29.4. The van der Waals surface area contributed by atoms with E-state index >= 15 is 0 Å². The number of Topliss-reactive ketones (excluding diaryl/α,β-unsaturated/α-hetero) is 1. The van der Waals surface area contributed by atoms with Gasteiger partial charge in [-0.25, -0.2) is 4.90 Å². The lowest BCUT2D eigenvalue weighted by atomic mass is 9.63. The van der Waals surface area contributed by atoms with Crippen molar-refractivity contribution in [1.82, 2.24) is 0 Å². The van der Waals surface area contributed by atoms with Gasteiger partial charge in [-0.3, -0.25) is 14.4 Å². The molecule has 174 valence electrons. The third-order valence-electron chi connectivity index (χ3n) is 8.51. The molecule has 2 fully saturated rings. The van der Waals surface area contributed by atoms with E-state index in [1.807, 2.05) is 107 Å². The molecule has 35 heavy (non-hydrogen) atoms. The van der Waals surface area contributed by atoms with Crippen molar-refractivity contribution in [2.24, 2.45) is 22.7 Å². The summed E-state index contributed by atoms with van der Waals surface area (Å²) in [5.74, 6) is -2.02. The second-order valence-electron chi connectivity index (χ2n) is 10.5. The number of ketones is 1. The first kappa shape index (κ1) is 21.7. The first-order valence-electron chi connectivity index (χ1n) is 12.1. The summed E-state index contributed by atoms with van der Waals surface area (Å²) in [6.45, 7) is 7.63. The molecule has 6 rings (SSSR count). The van der Waals surface area contributed by atoms with Crippen molar-refractivity contribution in [2.45, 2.75) is 27.7 Å². The summed E-state index contributed by atoms with van der Waals surface area (Å²) >= 11 is 0. The van der Waals surface area contributed by atoms with Gasteiger partial charge in [0.1, 0.15) is 0 Å². The second-order valence-corrected chi connectivity index (χ2v) is 10.5. The molecule has 1 saturated carbocycles. The largest absolute Gasteiger partial charge is 0.298 e. The predicted molar refractivity (Wildman–Crippen MR) is 136 cm³/mol. The van der Waals surface area contributed by atoms with E-state index in [0.29, 0.717) is 5.69 Å². The van der Waals surface area contributed by atoms with E-state index in [-0.39, 0.29) is 17.6 Å². The average Bonchev–Trinajstić information content (AvgIpc) is 3.31. The van der Waals surface area contributed by atoms with Crippen molar-refractivity contribution in [1.29, 1.82) is 0 Å².